The second-order valence-corrected chi connectivity index (χ2v) is 7.17. The number of halogens is 1. The first kappa shape index (κ1) is 17.4. The molecule has 0 unspecified atom stereocenters. The van der Waals surface area contributed by atoms with Gasteiger partial charge in [0.25, 0.3) is 0 Å². The van der Waals surface area contributed by atoms with Gasteiger partial charge in [-0.3, -0.25) is 4.98 Å². The van der Waals surface area contributed by atoms with Crippen molar-refractivity contribution in [1.82, 2.24) is 24.9 Å². The van der Waals surface area contributed by atoms with Crippen molar-refractivity contribution in [2.24, 2.45) is 0 Å². The van der Waals surface area contributed by atoms with Gasteiger partial charge in [-0.05, 0) is 55.5 Å². The summed E-state index contributed by atoms with van der Waals surface area (Å²) in [5.41, 5.74) is 9.53. The number of anilines is 3. The van der Waals surface area contributed by atoms with Crippen molar-refractivity contribution < 1.29 is 4.39 Å². The van der Waals surface area contributed by atoms with Crippen LogP contribution in [0.4, 0.5) is 21.8 Å². The monoisotopic (exact) mass is 387 g/mol. The molecule has 4 aromatic rings. The number of hydrogen-bond donors (Lipinski definition) is 2. The molecule has 7 nitrogen and oxygen atoms in total. The fraction of sp³-hybridized carbons (Fsp3) is 0.190. The Labute approximate surface area is 166 Å². The lowest BCUT2D eigenvalue weighted by molar-refractivity contribution is 0.625. The first-order chi connectivity index (χ1) is 14.1. The third-order valence-electron chi connectivity index (χ3n) is 4.93. The maximum absolute atomic E-state index is 14.0. The molecule has 1 aliphatic rings. The lowest BCUT2D eigenvalue weighted by Crippen LogP contribution is -2.02. The van der Waals surface area contributed by atoms with Crippen LogP contribution in [0, 0.1) is 12.7 Å². The zero-order valence-electron chi connectivity index (χ0n) is 15.7. The Kier molecular flexibility index (Phi) is 4.04. The van der Waals surface area contributed by atoms with E-state index < -0.39 is 5.82 Å². The van der Waals surface area contributed by atoms with Crippen LogP contribution < -0.4 is 11.1 Å². The lowest BCUT2D eigenvalue weighted by atomic mass is 10.1. The van der Waals surface area contributed by atoms with E-state index >= 15 is 0 Å². The van der Waals surface area contributed by atoms with Crippen molar-refractivity contribution in [3.63, 3.8) is 0 Å². The Balaban J connectivity index is 1.54. The zero-order valence-corrected chi connectivity index (χ0v) is 15.7. The molecule has 0 spiro atoms. The molecule has 5 rings (SSSR count). The summed E-state index contributed by atoms with van der Waals surface area (Å²) in [7, 11) is 0. The molecule has 8 heteroatoms. The molecule has 0 saturated heterocycles. The molecular weight excluding hydrogens is 369 g/mol. The summed E-state index contributed by atoms with van der Waals surface area (Å²) in [6.07, 6.45) is 7.45. The van der Waals surface area contributed by atoms with Crippen LogP contribution in [0.5, 0.6) is 0 Å². The number of aromatic nitrogens is 5. The SMILES string of the molecule is Cc1ccc(F)c(Nc2cc(-c3nc(N)c4c(C5CC5)cncc4n3)ccn2)n1. The molecule has 0 aromatic carbocycles. The summed E-state index contributed by atoms with van der Waals surface area (Å²) < 4.78 is 14.0. The zero-order chi connectivity index (χ0) is 20.0. The number of rotatable bonds is 4. The van der Waals surface area contributed by atoms with Crippen LogP contribution in [0.1, 0.15) is 30.0 Å². The van der Waals surface area contributed by atoms with Gasteiger partial charge in [0.1, 0.15) is 11.6 Å². The standard InChI is InChI=1S/C21H18FN7/c1-11-2-5-15(22)21(26-11)28-17-8-13(6-7-25-17)20-27-16-10-24-9-14(12-3-4-12)18(16)19(23)29-20/h2,5-10,12H,3-4H2,1H3,(H2,23,27,29)(H,25,26,28). The summed E-state index contributed by atoms with van der Waals surface area (Å²) in [6, 6.07) is 6.50. The fourth-order valence-corrected chi connectivity index (χ4v) is 3.36. The van der Waals surface area contributed by atoms with Crippen LogP contribution in [-0.2, 0) is 0 Å². The highest BCUT2D eigenvalue weighted by Crippen LogP contribution is 2.43. The van der Waals surface area contributed by atoms with Crippen molar-refractivity contribution in [3.8, 4) is 11.4 Å². The summed E-state index contributed by atoms with van der Waals surface area (Å²) in [5.74, 6) is 1.50. The second-order valence-electron chi connectivity index (χ2n) is 7.17. The normalized spacial score (nSPS) is 13.6. The Hall–Kier alpha value is -3.68. The minimum absolute atomic E-state index is 0.117. The van der Waals surface area contributed by atoms with Crippen molar-refractivity contribution in [2.75, 3.05) is 11.1 Å². The maximum atomic E-state index is 14.0. The highest BCUT2D eigenvalue weighted by molar-refractivity contribution is 5.92. The third-order valence-corrected chi connectivity index (χ3v) is 4.93. The number of nitrogen functional groups attached to an aromatic ring is 1. The van der Waals surface area contributed by atoms with Crippen molar-refractivity contribution in [2.45, 2.75) is 25.7 Å². The summed E-state index contributed by atoms with van der Waals surface area (Å²) >= 11 is 0. The summed E-state index contributed by atoms with van der Waals surface area (Å²) in [5, 5.41) is 3.79. The topological polar surface area (TPSA) is 102 Å². The molecular formula is C21H18FN7. The average molecular weight is 387 g/mol. The third kappa shape index (κ3) is 3.33. The number of nitrogens with two attached hydrogens (primary N) is 1. The van der Waals surface area contributed by atoms with Crippen molar-refractivity contribution >= 4 is 28.4 Å². The Morgan fingerprint density at radius 1 is 1.10 bits per heavy atom. The molecule has 1 fully saturated rings. The van der Waals surface area contributed by atoms with E-state index in [0.717, 1.165) is 29.3 Å². The van der Waals surface area contributed by atoms with E-state index in [2.05, 4.69) is 30.2 Å². The maximum Gasteiger partial charge on any atom is 0.168 e. The Morgan fingerprint density at radius 2 is 1.97 bits per heavy atom. The van der Waals surface area contributed by atoms with Gasteiger partial charge in [0.2, 0.25) is 0 Å². The van der Waals surface area contributed by atoms with Crippen LogP contribution >= 0.6 is 0 Å². The number of nitrogens with one attached hydrogen (secondary N) is 1. The highest BCUT2D eigenvalue weighted by atomic mass is 19.1. The van der Waals surface area contributed by atoms with E-state index in [1.165, 1.54) is 6.07 Å². The van der Waals surface area contributed by atoms with E-state index in [9.17, 15) is 4.39 Å². The van der Waals surface area contributed by atoms with Gasteiger partial charge in [-0.1, -0.05) is 0 Å². The number of aryl methyl sites for hydroxylation is 1. The number of fused-ring (bicyclic) bond motifs is 1. The number of pyridine rings is 3. The van der Waals surface area contributed by atoms with E-state index in [4.69, 9.17) is 5.73 Å². The van der Waals surface area contributed by atoms with E-state index in [0.29, 0.717) is 34.6 Å². The minimum atomic E-state index is -0.451. The van der Waals surface area contributed by atoms with Gasteiger partial charge in [0, 0.05) is 29.0 Å². The Morgan fingerprint density at radius 3 is 2.79 bits per heavy atom. The minimum Gasteiger partial charge on any atom is -0.383 e. The van der Waals surface area contributed by atoms with E-state index in [1.54, 1.807) is 37.5 Å². The highest BCUT2D eigenvalue weighted by Gasteiger charge is 2.27. The predicted molar refractivity (Wildman–Crippen MR) is 109 cm³/mol. The van der Waals surface area contributed by atoms with Gasteiger partial charge >= 0.3 is 0 Å². The van der Waals surface area contributed by atoms with Gasteiger partial charge < -0.3 is 11.1 Å². The van der Waals surface area contributed by atoms with Gasteiger partial charge in [0.15, 0.2) is 17.5 Å². The molecule has 0 radical (unpaired) electrons. The number of hydrogen-bond acceptors (Lipinski definition) is 7. The van der Waals surface area contributed by atoms with Gasteiger partial charge in [-0.2, -0.15) is 0 Å². The predicted octanol–water partition coefficient (Wildman–Crippen LogP) is 4.13. The van der Waals surface area contributed by atoms with Crippen molar-refractivity contribution in [1.29, 1.82) is 0 Å². The molecule has 1 aliphatic carbocycles. The second kappa shape index (κ2) is 6.73. The quantitative estimate of drug-likeness (QED) is 0.543. The average Bonchev–Trinajstić information content (AvgIpc) is 3.56. The van der Waals surface area contributed by atoms with Crippen LogP contribution in [-0.4, -0.2) is 24.9 Å². The molecule has 29 heavy (non-hydrogen) atoms. The summed E-state index contributed by atoms with van der Waals surface area (Å²) in [4.78, 5) is 21.9. The Bertz CT molecular complexity index is 1240. The van der Waals surface area contributed by atoms with Crippen LogP contribution in [0.2, 0.25) is 0 Å². The lowest BCUT2D eigenvalue weighted by Gasteiger charge is -2.10. The molecule has 0 bridgehead atoms. The molecule has 4 aromatic heterocycles. The summed E-state index contributed by atoms with van der Waals surface area (Å²) in [6.45, 7) is 1.80. The largest absolute Gasteiger partial charge is 0.383 e. The van der Waals surface area contributed by atoms with Crippen LogP contribution in [0.25, 0.3) is 22.3 Å². The smallest absolute Gasteiger partial charge is 0.168 e. The molecule has 4 heterocycles. The molecule has 0 atom stereocenters. The van der Waals surface area contributed by atoms with E-state index in [-0.39, 0.29) is 5.82 Å². The van der Waals surface area contributed by atoms with Crippen LogP contribution in [0.3, 0.4) is 0 Å². The van der Waals surface area contributed by atoms with E-state index in [1.807, 2.05) is 6.20 Å². The van der Waals surface area contributed by atoms with Crippen LogP contribution in [0.15, 0.2) is 42.9 Å². The van der Waals surface area contributed by atoms with Gasteiger partial charge in [-0.25, -0.2) is 24.3 Å². The first-order valence-corrected chi connectivity index (χ1v) is 9.36. The van der Waals surface area contributed by atoms with Gasteiger partial charge in [-0.15, -0.1) is 0 Å². The molecule has 1 saturated carbocycles. The molecule has 144 valence electrons. The van der Waals surface area contributed by atoms with Crippen molar-refractivity contribution in [3.05, 3.63) is 59.9 Å². The molecule has 0 amide bonds. The van der Waals surface area contributed by atoms with Gasteiger partial charge in [0.05, 0.1) is 11.7 Å². The molecule has 3 N–H and O–H groups in total. The first-order valence-electron chi connectivity index (χ1n) is 9.36. The number of nitrogens with zero attached hydrogens (tertiary/aromatic N) is 5. The molecule has 0 aliphatic heterocycles. The fourth-order valence-electron chi connectivity index (χ4n) is 3.36.